The van der Waals surface area contributed by atoms with Gasteiger partial charge in [-0.2, -0.15) is 0 Å². The second kappa shape index (κ2) is 4.09. The second-order valence-electron chi connectivity index (χ2n) is 4.97. The number of fused-ring (bicyclic) bond motifs is 1. The van der Waals surface area contributed by atoms with Gasteiger partial charge in [-0.1, -0.05) is 12.1 Å². The molecule has 0 fully saturated rings. The van der Waals surface area contributed by atoms with Gasteiger partial charge in [-0.05, 0) is 49.6 Å². The first-order valence-electron chi connectivity index (χ1n) is 6.25. The second-order valence-corrected chi connectivity index (χ2v) is 4.97. The SMILES string of the molecule is Cc1ccc(-c2nnc3c(C)cc(N)cn23)cc1C. The normalized spacial score (nSPS) is 11.1. The summed E-state index contributed by atoms with van der Waals surface area (Å²) in [6.07, 6.45) is 1.87. The van der Waals surface area contributed by atoms with Gasteiger partial charge in [0.1, 0.15) is 0 Å². The summed E-state index contributed by atoms with van der Waals surface area (Å²) in [6.45, 7) is 6.19. The lowest BCUT2D eigenvalue weighted by atomic mass is 10.1. The summed E-state index contributed by atoms with van der Waals surface area (Å²) in [5.74, 6) is 0.827. The lowest BCUT2D eigenvalue weighted by Crippen LogP contribution is -1.96. The fourth-order valence-electron chi connectivity index (χ4n) is 2.26. The number of nitrogens with zero attached hydrogens (tertiary/aromatic N) is 3. The van der Waals surface area contributed by atoms with Crippen LogP contribution in [0.1, 0.15) is 16.7 Å². The highest BCUT2D eigenvalue weighted by Crippen LogP contribution is 2.23. The molecule has 0 saturated heterocycles. The smallest absolute Gasteiger partial charge is 0.168 e. The van der Waals surface area contributed by atoms with Crippen molar-refractivity contribution in [2.75, 3.05) is 5.73 Å². The molecule has 96 valence electrons. The molecule has 0 saturated carbocycles. The molecule has 2 aromatic heterocycles. The van der Waals surface area contributed by atoms with Crippen molar-refractivity contribution in [2.24, 2.45) is 0 Å². The van der Waals surface area contributed by atoms with Gasteiger partial charge < -0.3 is 5.73 Å². The molecular formula is C15H16N4. The molecule has 0 aliphatic heterocycles. The lowest BCUT2D eigenvalue weighted by Gasteiger charge is -2.05. The van der Waals surface area contributed by atoms with E-state index in [1.54, 1.807) is 0 Å². The topological polar surface area (TPSA) is 56.2 Å². The molecule has 0 unspecified atom stereocenters. The van der Waals surface area contributed by atoms with E-state index in [2.05, 4.69) is 42.2 Å². The predicted molar refractivity (Wildman–Crippen MR) is 77.0 cm³/mol. The predicted octanol–water partition coefficient (Wildman–Crippen LogP) is 2.90. The third kappa shape index (κ3) is 1.85. The van der Waals surface area contributed by atoms with E-state index in [4.69, 9.17) is 5.73 Å². The molecule has 0 aliphatic carbocycles. The molecular weight excluding hydrogens is 236 g/mol. The lowest BCUT2D eigenvalue weighted by molar-refractivity contribution is 1.11. The van der Waals surface area contributed by atoms with E-state index in [0.29, 0.717) is 0 Å². The summed E-state index contributed by atoms with van der Waals surface area (Å²) >= 11 is 0. The Morgan fingerprint density at radius 3 is 2.47 bits per heavy atom. The van der Waals surface area contributed by atoms with E-state index in [9.17, 15) is 0 Å². The molecule has 0 spiro atoms. The van der Waals surface area contributed by atoms with Gasteiger partial charge in [-0.3, -0.25) is 4.40 Å². The van der Waals surface area contributed by atoms with Crippen molar-refractivity contribution < 1.29 is 0 Å². The first-order valence-corrected chi connectivity index (χ1v) is 6.25. The van der Waals surface area contributed by atoms with Crippen LogP contribution in [-0.4, -0.2) is 14.6 Å². The van der Waals surface area contributed by atoms with Gasteiger partial charge in [0.15, 0.2) is 11.5 Å². The van der Waals surface area contributed by atoms with Crippen molar-refractivity contribution in [3.63, 3.8) is 0 Å². The summed E-state index contributed by atoms with van der Waals surface area (Å²) in [5.41, 5.74) is 12.1. The van der Waals surface area contributed by atoms with Crippen LogP contribution < -0.4 is 5.73 Å². The van der Waals surface area contributed by atoms with Crippen LogP contribution in [-0.2, 0) is 0 Å². The standard InChI is InChI=1S/C15H16N4/c1-9-4-5-12(6-10(9)2)15-18-17-14-11(3)7-13(16)8-19(14)15/h4-8H,16H2,1-3H3. The summed E-state index contributed by atoms with van der Waals surface area (Å²) in [6, 6.07) is 8.21. The molecule has 0 aliphatic rings. The number of pyridine rings is 1. The minimum Gasteiger partial charge on any atom is -0.398 e. The highest BCUT2D eigenvalue weighted by atomic mass is 15.2. The van der Waals surface area contributed by atoms with Crippen LogP contribution in [0, 0.1) is 20.8 Å². The molecule has 3 aromatic rings. The van der Waals surface area contributed by atoms with Gasteiger partial charge in [0.25, 0.3) is 0 Å². The zero-order chi connectivity index (χ0) is 13.6. The van der Waals surface area contributed by atoms with Crippen molar-refractivity contribution >= 4 is 11.3 Å². The fourth-order valence-corrected chi connectivity index (χ4v) is 2.26. The quantitative estimate of drug-likeness (QED) is 0.724. The number of nitrogens with two attached hydrogens (primary N) is 1. The molecule has 3 rings (SSSR count). The van der Waals surface area contributed by atoms with E-state index in [1.165, 1.54) is 11.1 Å². The molecule has 4 heteroatoms. The molecule has 2 N–H and O–H groups in total. The van der Waals surface area contributed by atoms with Crippen molar-refractivity contribution in [1.82, 2.24) is 14.6 Å². The van der Waals surface area contributed by atoms with Crippen LogP contribution in [0.4, 0.5) is 5.69 Å². The Hall–Kier alpha value is -2.36. The van der Waals surface area contributed by atoms with Crippen molar-refractivity contribution in [3.8, 4) is 11.4 Å². The fraction of sp³-hybridized carbons (Fsp3) is 0.200. The van der Waals surface area contributed by atoms with Gasteiger partial charge in [-0.25, -0.2) is 0 Å². The molecule has 2 heterocycles. The van der Waals surface area contributed by atoms with Crippen molar-refractivity contribution in [2.45, 2.75) is 20.8 Å². The maximum atomic E-state index is 5.91. The molecule has 0 atom stereocenters. The van der Waals surface area contributed by atoms with Gasteiger partial charge >= 0.3 is 0 Å². The number of aryl methyl sites for hydroxylation is 3. The van der Waals surface area contributed by atoms with E-state index in [-0.39, 0.29) is 0 Å². The number of aromatic nitrogens is 3. The monoisotopic (exact) mass is 252 g/mol. The third-order valence-corrected chi connectivity index (χ3v) is 3.47. The largest absolute Gasteiger partial charge is 0.398 e. The molecule has 4 nitrogen and oxygen atoms in total. The molecule has 0 amide bonds. The maximum absolute atomic E-state index is 5.91. The van der Waals surface area contributed by atoms with E-state index < -0.39 is 0 Å². The van der Waals surface area contributed by atoms with Gasteiger partial charge in [0, 0.05) is 17.4 Å². The first-order chi connectivity index (χ1) is 9.06. The van der Waals surface area contributed by atoms with Crippen LogP contribution in [0.3, 0.4) is 0 Å². The summed E-state index contributed by atoms with van der Waals surface area (Å²) < 4.78 is 1.95. The summed E-state index contributed by atoms with van der Waals surface area (Å²) in [7, 11) is 0. The van der Waals surface area contributed by atoms with E-state index >= 15 is 0 Å². The van der Waals surface area contributed by atoms with Gasteiger partial charge in [-0.15, -0.1) is 10.2 Å². The maximum Gasteiger partial charge on any atom is 0.168 e. The van der Waals surface area contributed by atoms with Crippen LogP contribution >= 0.6 is 0 Å². The molecule has 1 aromatic carbocycles. The summed E-state index contributed by atoms with van der Waals surface area (Å²) in [5, 5.41) is 8.54. The molecule has 0 bridgehead atoms. The highest BCUT2D eigenvalue weighted by Gasteiger charge is 2.10. The Balaban J connectivity index is 2.28. The molecule has 0 radical (unpaired) electrons. The van der Waals surface area contributed by atoms with Crippen molar-refractivity contribution in [1.29, 1.82) is 0 Å². The Labute approximate surface area is 111 Å². The van der Waals surface area contributed by atoms with Gasteiger partial charge in [0.2, 0.25) is 0 Å². The van der Waals surface area contributed by atoms with Crippen LogP contribution in [0.15, 0.2) is 30.5 Å². The Morgan fingerprint density at radius 1 is 0.947 bits per heavy atom. The number of rotatable bonds is 1. The zero-order valence-corrected chi connectivity index (χ0v) is 11.3. The number of hydrogen-bond acceptors (Lipinski definition) is 3. The minimum absolute atomic E-state index is 0.717. The van der Waals surface area contributed by atoms with Crippen LogP contribution in [0.25, 0.3) is 17.0 Å². The number of anilines is 1. The number of benzene rings is 1. The van der Waals surface area contributed by atoms with Crippen LogP contribution in [0.2, 0.25) is 0 Å². The highest BCUT2D eigenvalue weighted by molar-refractivity contribution is 5.64. The van der Waals surface area contributed by atoms with E-state index in [1.807, 2.05) is 23.6 Å². The number of hydrogen-bond donors (Lipinski definition) is 1. The Bertz CT molecular complexity index is 771. The average Bonchev–Trinajstić information content (AvgIpc) is 2.76. The minimum atomic E-state index is 0.717. The van der Waals surface area contributed by atoms with Crippen molar-refractivity contribution in [3.05, 3.63) is 47.2 Å². The Morgan fingerprint density at radius 2 is 1.74 bits per heavy atom. The third-order valence-electron chi connectivity index (χ3n) is 3.47. The first kappa shape index (κ1) is 11.7. The Kier molecular flexibility index (Phi) is 2.52. The summed E-state index contributed by atoms with van der Waals surface area (Å²) in [4.78, 5) is 0. The number of nitrogen functional groups attached to an aromatic ring is 1. The van der Waals surface area contributed by atoms with Gasteiger partial charge in [0.05, 0.1) is 0 Å². The molecule has 19 heavy (non-hydrogen) atoms. The average molecular weight is 252 g/mol. The van der Waals surface area contributed by atoms with Crippen LogP contribution in [0.5, 0.6) is 0 Å². The zero-order valence-electron chi connectivity index (χ0n) is 11.3. The van der Waals surface area contributed by atoms with E-state index in [0.717, 1.165) is 28.3 Å².